The van der Waals surface area contributed by atoms with Gasteiger partial charge in [-0.15, -0.1) is 0 Å². The molecule has 0 aliphatic carbocycles. The van der Waals surface area contributed by atoms with Crippen LogP contribution in [0.15, 0.2) is 48.5 Å². The lowest BCUT2D eigenvalue weighted by Gasteiger charge is -2.41. The number of hydrogen-bond acceptors (Lipinski definition) is 4. The summed E-state index contributed by atoms with van der Waals surface area (Å²) in [5.41, 5.74) is 9.42. The average Bonchev–Trinajstić information content (AvgIpc) is 2.74. The van der Waals surface area contributed by atoms with E-state index in [0.29, 0.717) is 26.2 Å². The fourth-order valence-corrected chi connectivity index (χ4v) is 4.35. The van der Waals surface area contributed by atoms with Gasteiger partial charge in [-0.25, -0.2) is 4.39 Å². The smallest absolute Gasteiger partial charge is 0.252 e. The Labute approximate surface area is 170 Å². The van der Waals surface area contributed by atoms with E-state index >= 15 is 0 Å². The number of benzene rings is 2. The van der Waals surface area contributed by atoms with Crippen molar-refractivity contribution in [1.82, 2.24) is 4.90 Å². The predicted molar refractivity (Wildman–Crippen MR) is 108 cm³/mol. The molecule has 4 rings (SSSR count). The molecule has 1 fully saturated rings. The summed E-state index contributed by atoms with van der Waals surface area (Å²) < 4.78 is 25.0. The summed E-state index contributed by atoms with van der Waals surface area (Å²) in [5, 5.41) is 0. The number of carbonyl (C=O) groups is 1. The van der Waals surface area contributed by atoms with Crippen molar-refractivity contribution < 1.29 is 18.7 Å². The van der Waals surface area contributed by atoms with Gasteiger partial charge in [-0.2, -0.15) is 0 Å². The Balaban J connectivity index is 1.61. The molecule has 0 radical (unpaired) electrons. The summed E-state index contributed by atoms with van der Waals surface area (Å²) in [5.74, 6) is -0.362. The molecule has 0 aromatic heterocycles. The van der Waals surface area contributed by atoms with Gasteiger partial charge in [-0.1, -0.05) is 36.4 Å². The summed E-state index contributed by atoms with van der Waals surface area (Å²) in [6.07, 6.45) is 0.437. The zero-order chi connectivity index (χ0) is 20.4. The maximum atomic E-state index is 13.5. The first-order valence-corrected chi connectivity index (χ1v) is 10.2. The topological polar surface area (TPSA) is 64.8 Å². The largest absolute Gasteiger partial charge is 0.374 e. The quantitative estimate of drug-likeness (QED) is 0.860. The minimum atomic E-state index is -0.588. The standard InChI is InChI=1S/C23H27FN2O3/c1-2-28-21-14-29-20(13-19(21)25)23(27)26-12-11-15-5-3-4-6-18(15)22(26)16-7-9-17(24)10-8-16/h3-10,19-22H,2,11-14,25H2,1H3/t19-,20+,21-,22-/m0/s1. The van der Waals surface area contributed by atoms with Crippen molar-refractivity contribution in [2.75, 3.05) is 19.8 Å². The summed E-state index contributed by atoms with van der Waals surface area (Å²) in [6, 6.07) is 14.0. The van der Waals surface area contributed by atoms with Gasteiger partial charge in [0.25, 0.3) is 5.91 Å². The molecule has 1 amide bonds. The van der Waals surface area contributed by atoms with Crippen molar-refractivity contribution >= 4 is 5.91 Å². The normalized spacial score (nSPS) is 26.8. The van der Waals surface area contributed by atoms with Crippen LogP contribution in [0.2, 0.25) is 0 Å². The van der Waals surface area contributed by atoms with Gasteiger partial charge in [0.2, 0.25) is 0 Å². The molecule has 6 heteroatoms. The highest BCUT2D eigenvalue weighted by molar-refractivity contribution is 5.82. The minimum absolute atomic E-state index is 0.0702. The summed E-state index contributed by atoms with van der Waals surface area (Å²) in [7, 11) is 0. The van der Waals surface area contributed by atoms with E-state index in [0.717, 1.165) is 17.5 Å². The molecule has 0 bridgehead atoms. The van der Waals surface area contributed by atoms with Gasteiger partial charge in [0.05, 0.1) is 18.8 Å². The number of rotatable bonds is 4. The number of nitrogens with two attached hydrogens (primary N) is 1. The molecule has 1 saturated heterocycles. The molecule has 2 aromatic carbocycles. The van der Waals surface area contributed by atoms with Crippen molar-refractivity contribution in [1.29, 1.82) is 0 Å². The first-order valence-electron chi connectivity index (χ1n) is 10.2. The van der Waals surface area contributed by atoms with Gasteiger partial charge >= 0.3 is 0 Å². The Hall–Kier alpha value is -2.28. The second kappa shape index (κ2) is 8.61. The van der Waals surface area contributed by atoms with Crippen LogP contribution in [0.3, 0.4) is 0 Å². The van der Waals surface area contributed by atoms with Gasteiger partial charge in [-0.05, 0) is 42.2 Å². The Bertz CT molecular complexity index is 857. The lowest BCUT2D eigenvalue weighted by Crippen LogP contribution is -2.54. The van der Waals surface area contributed by atoms with Crippen molar-refractivity contribution in [3.8, 4) is 0 Å². The molecule has 0 unspecified atom stereocenters. The molecule has 2 N–H and O–H groups in total. The van der Waals surface area contributed by atoms with E-state index in [1.807, 2.05) is 30.0 Å². The molecular formula is C23H27FN2O3. The Kier molecular flexibility index (Phi) is 5.94. The lowest BCUT2D eigenvalue weighted by atomic mass is 9.87. The maximum absolute atomic E-state index is 13.5. The number of nitrogens with zero attached hydrogens (tertiary/aromatic N) is 1. The van der Waals surface area contributed by atoms with Crippen molar-refractivity contribution in [2.45, 2.75) is 44.1 Å². The third-order valence-corrected chi connectivity index (χ3v) is 5.83. The van der Waals surface area contributed by atoms with Crippen LogP contribution in [0, 0.1) is 5.82 Å². The Morgan fingerprint density at radius 2 is 2.00 bits per heavy atom. The minimum Gasteiger partial charge on any atom is -0.374 e. The number of carbonyl (C=O) groups excluding carboxylic acids is 1. The van der Waals surface area contributed by atoms with E-state index in [-0.39, 0.29) is 29.9 Å². The van der Waals surface area contributed by atoms with Gasteiger partial charge in [-0.3, -0.25) is 4.79 Å². The van der Waals surface area contributed by atoms with Crippen molar-refractivity contribution in [3.63, 3.8) is 0 Å². The summed E-state index contributed by atoms with van der Waals surface area (Å²) >= 11 is 0. The monoisotopic (exact) mass is 398 g/mol. The van der Waals surface area contributed by atoms with Crippen LogP contribution in [-0.4, -0.2) is 48.8 Å². The van der Waals surface area contributed by atoms with E-state index in [1.165, 1.54) is 17.7 Å². The number of hydrogen-bond donors (Lipinski definition) is 1. The predicted octanol–water partition coefficient (Wildman–Crippen LogP) is 2.82. The number of halogens is 1. The summed E-state index contributed by atoms with van der Waals surface area (Å²) in [4.78, 5) is 15.3. The van der Waals surface area contributed by atoms with Crippen LogP contribution in [0.4, 0.5) is 4.39 Å². The van der Waals surface area contributed by atoms with Gasteiger partial charge in [0.1, 0.15) is 11.9 Å². The van der Waals surface area contributed by atoms with Crippen LogP contribution < -0.4 is 5.73 Å². The molecule has 2 heterocycles. The highest BCUT2D eigenvalue weighted by atomic mass is 19.1. The second-order valence-corrected chi connectivity index (χ2v) is 7.65. The lowest BCUT2D eigenvalue weighted by molar-refractivity contribution is -0.157. The maximum Gasteiger partial charge on any atom is 0.252 e. The van der Waals surface area contributed by atoms with Gasteiger partial charge in [0.15, 0.2) is 0 Å². The first-order chi connectivity index (χ1) is 14.1. The number of ether oxygens (including phenoxy) is 2. The second-order valence-electron chi connectivity index (χ2n) is 7.65. The molecule has 2 aromatic rings. The van der Waals surface area contributed by atoms with Crippen LogP contribution in [0.5, 0.6) is 0 Å². The van der Waals surface area contributed by atoms with E-state index in [4.69, 9.17) is 15.2 Å². The van der Waals surface area contributed by atoms with Crippen molar-refractivity contribution in [3.05, 3.63) is 71.0 Å². The Morgan fingerprint density at radius 1 is 1.24 bits per heavy atom. The molecule has 2 aliphatic heterocycles. The number of amides is 1. The molecule has 0 spiro atoms. The van der Waals surface area contributed by atoms with Crippen LogP contribution in [0.1, 0.15) is 36.1 Å². The third kappa shape index (κ3) is 4.06. The molecule has 154 valence electrons. The van der Waals surface area contributed by atoms with Gasteiger partial charge in [0, 0.05) is 25.6 Å². The average molecular weight is 398 g/mol. The van der Waals surface area contributed by atoms with E-state index in [9.17, 15) is 9.18 Å². The fourth-order valence-electron chi connectivity index (χ4n) is 4.35. The molecule has 29 heavy (non-hydrogen) atoms. The van der Waals surface area contributed by atoms with Crippen LogP contribution >= 0.6 is 0 Å². The molecule has 0 saturated carbocycles. The van der Waals surface area contributed by atoms with Gasteiger partial charge < -0.3 is 20.1 Å². The SMILES string of the molecule is CCO[C@H]1CO[C@@H](C(=O)N2CCc3ccccc3[C@@H]2c2ccc(F)cc2)C[C@@H]1N. The zero-order valence-electron chi connectivity index (χ0n) is 16.6. The molecule has 4 atom stereocenters. The summed E-state index contributed by atoms with van der Waals surface area (Å²) in [6.45, 7) is 3.39. The first kappa shape index (κ1) is 20.0. The van der Waals surface area contributed by atoms with E-state index in [1.54, 1.807) is 12.1 Å². The zero-order valence-corrected chi connectivity index (χ0v) is 16.6. The van der Waals surface area contributed by atoms with E-state index in [2.05, 4.69) is 6.07 Å². The molecule has 2 aliphatic rings. The Morgan fingerprint density at radius 3 is 2.72 bits per heavy atom. The van der Waals surface area contributed by atoms with Crippen molar-refractivity contribution in [2.24, 2.45) is 5.73 Å². The highest BCUT2D eigenvalue weighted by Gasteiger charge is 2.39. The highest BCUT2D eigenvalue weighted by Crippen LogP contribution is 2.36. The number of fused-ring (bicyclic) bond motifs is 1. The van der Waals surface area contributed by atoms with E-state index < -0.39 is 6.10 Å². The molecule has 5 nitrogen and oxygen atoms in total. The van der Waals surface area contributed by atoms with Crippen LogP contribution in [-0.2, 0) is 20.7 Å². The third-order valence-electron chi connectivity index (χ3n) is 5.83. The fraction of sp³-hybridized carbons (Fsp3) is 0.435. The molecular weight excluding hydrogens is 371 g/mol. The van der Waals surface area contributed by atoms with Crippen LogP contribution in [0.25, 0.3) is 0 Å².